The molecule has 2 aromatic rings. The first-order chi connectivity index (χ1) is 12.1. The van der Waals surface area contributed by atoms with Crippen molar-refractivity contribution in [2.75, 3.05) is 26.9 Å². The fourth-order valence-corrected chi connectivity index (χ4v) is 2.70. The zero-order valence-corrected chi connectivity index (χ0v) is 14.2. The minimum absolute atomic E-state index is 0.0441. The van der Waals surface area contributed by atoms with E-state index in [2.05, 4.69) is 5.10 Å². The van der Waals surface area contributed by atoms with Crippen molar-refractivity contribution in [2.45, 2.75) is 25.5 Å². The van der Waals surface area contributed by atoms with Crippen molar-refractivity contribution in [1.82, 2.24) is 14.7 Å². The average molecular weight is 347 g/mol. The van der Waals surface area contributed by atoms with Gasteiger partial charge in [-0.3, -0.25) is 4.79 Å². The van der Waals surface area contributed by atoms with Crippen LogP contribution in [-0.4, -0.2) is 53.6 Å². The van der Waals surface area contributed by atoms with Crippen molar-refractivity contribution in [3.8, 4) is 5.69 Å². The van der Waals surface area contributed by atoms with E-state index in [4.69, 9.17) is 9.47 Å². The fourth-order valence-electron chi connectivity index (χ4n) is 2.70. The van der Waals surface area contributed by atoms with Crippen LogP contribution in [0.5, 0.6) is 0 Å². The summed E-state index contributed by atoms with van der Waals surface area (Å²) in [5, 5.41) is 4.25. The summed E-state index contributed by atoms with van der Waals surface area (Å²) in [5.74, 6) is -0.378. The second-order valence-corrected chi connectivity index (χ2v) is 6.17. The van der Waals surface area contributed by atoms with E-state index in [9.17, 15) is 9.18 Å². The van der Waals surface area contributed by atoms with Gasteiger partial charge in [-0.15, -0.1) is 0 Å². The molecule has 0 N–H and O–H groups in total. The van der Waals surface area contributed by atoms with E-state index < -0.39 is 0 Å². The normalized spacial score (nSPS) is 17.0. The molecule has 0 bridgehead atoms. The predicted octanol–water partition coefficient (Wildman–Crippen LogP) is 2.17. The molecule has 1 saturated heterocycles. The molecule has 1 atom stereocenters. The lowest BCUT2D eigenvalue weighted by atomic mass is 10.2. The quantitative estimate of drug-likeness (QED) is 0.770. The number of carbonyl (C=O) groups excluding carboxylic acids is 1. The first kappa shape index (κ1) is 17.6. The molecule has 0 spiro atoms. The SMILES string of the molecule is CN(Cc1cnn(-c2ccc(F)cc2)c1)C(=O)COC[C@H]1CCCO1. The number of benzene rings is 1. The van der Waals surface area contributed by atoms with Gasteiger partial charge in [-0.25, -0.2) is 9.07 Å². The lowest BCUT2D eigenvalue weighted by molar-refractivity contribution is -0.136. The van der Waals surface area contributed by atoms with E-state index in [-0.39, 0.29) is 24.4 Å². The number of nitrogens with zero attached hydrogens (tertiary/aromatic N) is 3. The maximum Gasteiger partial charge on any atom is 0.248 e. The molecule has 2 heterocycles. The van der Waals surface area contributed by atoms with Crippen LogP contribution in [0, 0.1) is 5.82 Å². The number of hydrogen-bond donors (Lipinski definition) is 0. The number of aromatic nitrogens is 2. The van der Waals surface area contributed by atoms with Crippen LogP contribution in [0.15, 0.2) is 36.7 Å². The number of rotatable bonds is 7. The summed E-state index contributed by atoms with van der Waals surface area (Å²) in [5.41, 5.74) is 1.65. The number of likely N-dealkylation sites (N-methyl/N-ethyl adjacent to an activating group) is 1. The Balaban J connectivity index is 1.47. The average Bonchev–Trinajstić information content (AvgIpc) is 3.27. The molecule has 25 heavy (non-hydrogen) atoms. The van der Waals surface area contributed by atoms with E-state index in [1.165, 1.54) is 12.1 Å². The Hall–Kier alpha value is -2.25. The minimum Gasteiger partial charge on any atom is -0.376 e. The van der Waals surface area contributed by atoms with Gasteiger partial charge in [0.25, 0.3) is 0 Å². The fraction of sp³-hybridized carbons (Fsp3) is 0.444. The monoisotopic (exact) mass is 347 g/mol. The maximum atomic E-state index is 13.0. The van der Waals surface area contributed by atoms with E-state index in [0.717, 1.165) is 30.7 Å². The Bertz CT molecular complexity index is 696. The topological polar surface area (TPSA) is 56.6 Å². The Morgan fingerprint density at radius 3 is 2.96 bits per heavy atom. The van der Waals surface area contributed by atoms with Gasteiger partial charge >= 0.3 is 0 Å². The van der Waals surface area contributed by atoms with Crippen molar-refractivity contribution in [1.29, 1.82) is 0 Å². The third kappa shape index (κ3) is 4.87. The Labute approximate surface area is 146 Å². The molecular weight excluding hydrogens is 325 g/mol. The number of hydrogen-bond acceptors (Lipinski definition) is 4. The molecule has 0 radical (unpaired) electrons. The van der Waals surface area contributed by atoms with Gasteiger partial charge in [0.2, 0.25) is 5.91 Å². The van der Waals surface area contributed by atoms with Crippen molar-refractivity contribution in [3.05, 3.63) is 48.0 Å². The number of carbonyl (C=O) groups is 1. The van der Waals surface area contributed by atoms with Crippen LogP contribution in [0.25, 0.3) is 5.69 Å². The molecule has 1 aromatic carbocycles. The highest BCUT2D eigenvalue weighted by Gasteiger charge is 2.17. The van der Waals surface area contributed by atoms with Crippen molar-refractivity contribution in [3.63, 3.8) is 0 Å². The molecule has 134 valence electrons. The van der Waals surface area contributed by atoms with Gasteiger partial charge < -0.3 is 14.4 Å². The standard InChI is InChI=1S/C18H22FN3O3/c1-21(18(23)13-24-12-17-3-2-8-25-17)10-14-9-20-22(11-14)16-6-4-15(19)5-7-16/h4-7,9,11,17H,2-3,8,10,12-13H2,1H3/t17-/m1/s1. The van der Waals surface area contributed by atoms with Crippen LogP contribution in [0.4, 0.5) is 4.39 Å². The summed E-state index contributed by atoms with van der Waals surface area (Å²) in [6, 6.07) is 6.08. The van der Waals surface area contributed by atoms with Gasteiger partial charge in [-0.05, 0) is 37.1 Å². The first-order valence-corrected chi connectivity index (χ1v) is 8.34. The van der Waals surface area contributed by atoms with Gasteiger partial charge in [0.05, 0.1) is 24.6 Å². The van der Waals surface area contributed by atoms with Crippen LogP contribution in [-0.2, 0) is 20.8 Å². The van der Waals surface area contributed by atoms with Crippen LogP contribution < -0.4 is 0 Å². The Morgan fingerprint density at radius 1 is 1.44 bits per heavy atom. The summed E-state index contributed by atoms with van der Waals surface area (Å²) in [6.07, 6.45) is 5.68. The molecule has 1 aromatic heterocycles. The van der Waals surface area contributed by atoms with Gasteiger partial charge in [-0.2, -0.15) is 5.10 Å². The predicted molar refractivity (Wildman–Crippen MR) is 89.8 cm³/mol. The molecule has 0 unspecified atom stereocenters. The summed E-state index contributed by atoms with van der Waals surface area (Å²) in [7, 11) is 1.73. The Morgan fingerprint density at radius 2 is 2.24 bits per heavy atom. The lowest BCUT2D eigenvalue weighted by Gasteiger charge is -2.17. The number of ether oxygens (including phenoxy) is 2. The highest BCUT2D eigenvalue weighted by Crippen LogP contribution is 2.13. The second-order valence-electron chi connectivity index (χ2n) is 6.17. The first-order valence-electron chi connectivity index (χ1n) is 8.34. The van der Waals surface area contributed by atoms with Crippen molar-refractivity contribution < 1.29 is 18.7 Å². The van der Waals surface area contributed by atoms with Crippen LogP contribution in [0.2, 0.25) is 0 Å². The van der Waals surface area contributed by atoms with Crippen molar-refractivity contribution in [2.24, 2.45) is 0 Å². The molecule has 0 aliphatic carbocycles. The smallest absolute Gasteiger partial charge is 0.248 e. The summed E-state index contributed by atoms with van der Waals surface area (Å²) >= 11 is 0. The highest BCUT2D eigenvalue weighted by atomic mass is 19.1. The highest BCUT2D eigenvalue weighted by molar-refractivity contribution is 5.77. The van der Waals surface area contributed by atoms with Crippen LogP contribution >= 0.6 is 0 Å². The summed E-state index contributed by atoms with van der Waals surface area (Å²) in [4.78, 5) is 13.7. The molecule has 7 heteroatoms. The van der Waals surface area contributed by atoms with E-state index >= 15 is 0 Å². The third-order valence-corrected chi connectivity index (χ3v) is 4.13. The number of amides is 1. The molecule has 1 fully saturated rings. The van der Waals surface area contributed by atoms with Gasteiger partial charge in [0.1, 0.15) is 12.4 Å². The zero-order chi connectivity index (χ0) is 17.6. The second kappa shape index (κ2) is 8.22. The van der Waals surface area contributed by atoms with Gasteiger partial charge in [0.15, 0.2) is 0 Å². The van der Waals surface area contributed by atoms with Crippen LogP contribution in [0.3, 0.4) is 0 Å². The van der Waals surface area contributed by atoms with Gasteiger partial charge in [-0.1, -0.05) is 0 Å². The largest absolute Gasteiger partial charge is 0.376 e. The Kier molecular flexibility index (Phi) is 5.78. The van der Waals surface area contributed by atoms with Crippen LogP contribution in [0.1, 0.15) is 18.4 Å². The molecule has 1 aliphatic heterocycles. The molecule has 6 nitrogen and oxygen atoms in total. The summed E-state index contributed by atoms with van der Waals surface area (Å²) in [6.45, 7) is 1.72. The number of halogens is 1. The molecule has 3 rings (SSSR count). The van der Waals surface area contributed by atoms with Gasteiger partial charge in [0, 0.05) is 32.0 Å². The minimum atomic E-state index is -0.288. The molecule has 1 amide bonds. The van der Waals surface area contributed by atoms with Crippen molar-refractivity contribution >= 4 is 5.91 Å². The maximum absolute atomic E-state index is 13.0. The molecular formula is C18H22FN3O3. The lowest BCUT2D eigenvalue weighted by Crippen LogP contribution is -2.31. The third-order valence-electron chi connectivity index (χ3n) is 4.13. The van der Waals surface area contributed by atoms with E-state index in [1.54, 1.807) is 35.0 Å². The van der Waals surface area contributed by atoms with E-state index in [1.807, 2.05) is 6.20 Å². The molecule has 0 saturated carbocycles. The van der Waals surface area contributed by atoms with E-state index in [0.29, 0.717) is 13.2 Å². The molecule has 1 aliphatic rings. The zero-order valence-electron chi connectivity index (χ0n) is 14.2. The summed E-state index contributed by atoms with van der Waals surface area (Å²) < 4.78 is 25.5.